The summed E-state index contributed by atoms with van der Waals surface area (Å²) in [5.74, 6) is -0.438. The minimum Gasteiger partial charge on any atom is -0.493 e. The van der Waals surface area contributed by atoms with Crippen LogP contribution in [0.15, 0.2) is 42.5 Å². The van der Waals surface area contributed by atoms with Gasteiger partial charge in [-0.3, -0.25) is 4.79 Å². The van der Waals surface area contributed by atoms with Gasteiger partial charge >= 0.3 is 5.97 Å². The van der Waals surface area contributed by atoms with Crippen molar-refractivity contribution in [3.63, 3.8) is 0 Å². The quantitative estimate of drug-likeness (QED) is 0.834. The fraction of sp³-hybridized carbons (Fsp3) is 0.381. The molecule has 1 aliphatic heterocycles. The fourth-order valence-electron chi connectivity index (χ4n) is 4.48. The van der Waals surface area contributed by atoms with Crippen LogP contribution in [0.1, 0.15) is 22.8 Å². The normalized spacial score (nSPS) is 28.9. The van der Waals surface area contributed by atoms with Gasteiger partial charge < -0.3 is 24.1 Å². The van der Waals surface area contributed by atoms with Crippen LogP contribution in [0, 0.1) is 11.8 Å². The summed E-state index contributed by atoms with van der Waals surface area (Å²) in [5.41, 5.74) is 0.501. The Kier molecular flexibility index (Phi) is 4.32. The van der Waals surface area contributed by atoms with Crippen LogP contribution < -0.4 is 9.47 Å². The summed E-state index contributed by atoms with van der Waals surface area (Å²) >= 11 is 0. The molecule has 0 spiro atoms. The summed E-state index contributed by atoms with van der Waals surface area (Å²) in [4.78, 5) is 12.7. The van der Waals surface area contributed by atoms with Crippen molar-refractivity contribution in [3.8, 4) is 11.5 Å². The molecule has 2 aromatic carbocycles. The second-order valence-electron chi connectivity index (χ2n) is 6.85. The van der Waals surface area contributed by atoms with Crippen LogP contribution >= 0.6 is 0 Å². The van der Waals surface area contributed by atoms with Gasteiger partial charge in [0.25, 0.3) is 0 Å². The first kappa shape index (κ1) is 17.8. The molecule has 6 nitrogen and oxygen atoms in total. The molecule has 0 amide bonds. The molecule has 142 valence electrons. The number of carbonyl (C=O) groups is 1. The van der Waals surface area contributed by atoms with Gasteiger partial charge in [-0.2, -0.15) is 0 Å². The Labute approximate surface area is 157 Å². The molecule has 1 saturated heterocycles. The molecule has 6 heteroatoms. The molecule has 2 aromatic rings. The molecule has 1 aliphatic carbocycles. The van der Waals surface area contributed by atoms with E-state index in [1.54, 1.807) is 32.4 Å². The van der Waals surface area contributed by atoms with Crippen LogP contribution in [0.2, 0.25) is 0 Å². The molecule has 1 fully saturated rings. The van der Waals surface area contributed by atoms with Gasteiger partial charge in [0.05, 0.1) is 26.9 Å². The van der Waals surface area contributed by atoms with Gasteiger partial charge in [-0.25, -0.2) is 0 Å². The molecule has 27 heavy (non-hydrogen) atoms. The van der Waals surface area contributed by atoms with E-state index in [0.717, 1.165) is 5.56 Å². The molecule has 4 rings (SSSR count). The summed E-state index contributed by atoms with van der Waals surface area (Å²) in [6.07, 6.45) is -0.321. The number of hydrogen-bond donors (Lipinski definition) is 1. The lowest BCUT2D eigenvalue weighted by molar-refractivity contribution is -0.149. The lowest BCUT2D eigenvalue weighted by atomic mass is 9.63. The van der Waals surface area contributed by atoms with Gasteiger partial charge in [-0.05, 0) is 28.8 Å². The molecule has 0 radical (unpaired) electrons. The van der Waals surface area contributed by atoms with E-state index in [9.17, 15) is 9.90 Å². The fourth-order valence-corrected chi connectivity index (χ4v) is 4.48. The average Bonchev–Trinajstić information content (AvgIpc) is 3.10. The van der Waals surface area contributed by atoms with Gasteiger partial charge in [0.2, 0.25) is 0 Å². The minimum absolute atomic E-state index is 0.214. The van der Waals surface area contributed by atoms with Crippen LogP contribution in [0.4, 0.5) is 0 Å². The Morgan fingerprint density at radius 1 is 1.07 bits per heavy atom. The van der Waals surface area contributed by atoms with E-state index in [0.29, 0.717) is 22.6 Å². The number of benzene rings is 2. The molecule has 0 bridgehead atoms. The lowest BCUT2D eigenvalue weighted by Gasteiger charge is -2.44. The van der Waals surface area contributed by atoms with E-state index < -0.39 is 17.5 Å². The van der Waals surface area contributed by atoms with Gasteiger partial charge in [-0.1, -0.05) is 30.3 Å². The second kappa shape index (κ2) is 6.55. The number of methoxy groups -OCH3 is 3. The van der Waals surface area contributed by atoms with Crippen molar-refractivity contribution in [2.45, 2.75) is 11.7 Å². The van der Waals surface area contributed by atoms with E-state index in [2.05, 4.69) is 0 Å². The van der Waals surface area contributed by atoms with Crippen molar-refractivity contribution < 1.29 is 28.8 Å². The number of esters is 1. The summed E-state index contributed by atoms with van der Waals surface area (Å²) in [5, 5.41) is 12.0. The van der Waals surface area contributed by atoms with Crippen molar-refractivity contribution in [3.05, 3.63) is 59.2 Å². The third-order valence-corrected chi connectivity index (χ3v) is 5.69. The highest BCUT2D eigenvalue weighted by Crippen LogP contribution is 2.55. The Balaban J connectivity index is 1.97. The van der Waals surface area contributed by atoms with Crippen LogP contribution in [-0.4, -0.2) is 39.0 Å². The summed E-state index contributed by atoms with van der Waals surface area (Å²) in [7, 11) is 4.70. The predicted octanol–water partition coefficient (Wildman–Crippen LogP) is 2.43. The zero-order chi connectivity index (χ0) is 19.2. The SMILES string of the molecule is COc1ccc([C@@]2(O)c3ccccc3[C@H](OC)[C@@H]3COC(=O)[C@@H]32)cc1OC. The van der Waals surface area contributed by atoms with Crippen LogP contribution in [0.3, 0.4) is 0 Å². The number of fused-ring (bicyclic) bond motifs is 2. The van der Waals surface area contributed by atoms with Crippen molar-refractivity contribution in [1.82, 2.24) is 0 Å². The van der Waals surface area contributed by atoms with Gasteiger partial charge in [0.15, 0.2) is 11.5 Å². The van der Waals surface area contributed by atoms with E-state index in [-0.39, 0.29) is 18.6 Å². The molecular formula is C21H22O6. The smallest absolute Gasteiger partial charge is 0.313 e. The standard InChI is InChI=1S/C21H22O6/c1-24-16-9-8-12(10-17(16)25-2)21(23)15-7-5-4-6-13(15)19(26-3)14-11-27-20(22)18(14)21/h4-10,14,18-19,23H,11H2,1-3H3/t14-,18-,19+,21-/m1/s1. The van der Waals surface area contributed by atoms with Gasteiger partial charge in [-0.15, -0.1) is 0 Å². The molecular weight excluding hydrogens is 348 g/mol. The summed E-state index contributed by atoms with van der Waals surface area (Å²) in [6.45, 7) is 0.214. The molecule has 0 aromatic heterocycles. The van der Waals surface area contributed by atoms with Gasteiger partial charge in [0.1, 0.15) is 11.5 Å². The van der Waals surface area contributed by atoms with Crippen molar-refractivity contribution >= 4 is 5.97 Å². The predicted molar refractivity (Wildman–Crippen MR) is 96.7 cm³/mol. The number of carbonyl (C=O) groups excluding carboxylic acids is 1. The van der Waals surface area contributed by atoms with E-state index in [4.69, 9.17) is 18.9 Å². The Hall–Kier alpha value is -2.57. The van der Waals surface area contributed by atoms with Crippen LogP contribution in [-0.2, 0) is 19.9 Å². The second-order valence-corrected chi connectivity index (χ2v) is 6.85. The van der Waals surface area contributed by atoms with Crippen molar-refractivity contribution in [2.75, 3.05) is 27.9 Å². The number of rotatable bonds is 4. The van der Waals surface area contributed by atoms with E-state index >= 15 is 0 Å². The summed E-state index contributed by atoms with van der Waals surface area (Å²) < 4.78 is 21.8. The number of cyclic esters (lactones) is 1. The Morgan fingerprint density at radius 2 is 1.81 bits per heavy atom. The zero-order valence-corrected chi connectivity index (χ0v) is 15.5. The monoisotopic (exact) mass is 370 g/mol. The zero-order valence-electron chi connectivity index (χ0n) is 15.5. The van der Waals surface area contributed by atoms with Crippen LogP contribution in [0.5, 0.6) is 11.5 Å². The summed E-state index contributed by atoms with van der Waals surface area (Å²) in [6, 6.07) is 12.7. The molecule has 0 unspecified atom stereocenters. The van der Waals surface area contributed by atoms with Gasteiger partial charge in [0, 0.05) is 13.0 Å². The maximum absolute atomic E-state index is 12.7. The molecule has 1 heterocycles. The van der Waals surface area contributed by atoms with Crippen LogP contribution in [0.25, 0.3) is 0 Å². The number of ether oxygens (including phenoxy) is 4. The van der Waals surface area contributed by atoms with Crippen molar-refractivity contribution in [2.24, 2.45) is 11.8 Å². The first-order chi connectivity index (χ1) is 13.1. The topological polar surface area (TPSA) is 74.2 Å². The average molecular weight is 370 g/mol. The third-order valence-electron chi connectivity index (χ3n) is 5.69. The molecule has 2 aliphatic rings. The Morgan fingerprint density at radius 3 is 2.52 bits per heavy atom. The highest BCUT2D eigenvalue weighted by Gasteiger charge is 2.59. The number of aliphatic hydroxyl groups is 1. The Bertz CT molecular complexity index is 879. The highest BCUT2D eigenvalue weighted by molar-refractivity contribution is 5.79. The molecule has 1 N–H and O–H groups in total. The van der Waals surface area contributed by atoms with E-state index in [1.807, 2.05) is 24.3 Å². The highest BCUT2D eigenvalue weighted by atomic mass is 16.5. The molecule has 0 saturated carbocycles. The lowest BCUT2D eigenvalue weighted by Crippen LogP contribution is -2.48. The maximum atomic E-state index is 12.7. The minimum atomic E-state index is -1.55. The first-order valence-corrected chi connectivity index (χ1v) is 8.80. The third kappa shape index (κ3) is 2.44. The largest absolute Gasteiger partial charge is 0.493 e. The van der Waals surface area contributed by atoms with Crippen molar-refractivity contribution in [1.29, 1.82) is 0 Å². The molecule has 4 atom stereocenters. The maximum Gasteiger partial charge on any atom is 0.313 e. The van der Waals surface area contributed by atoms with E-state index in [1.165, 1.54) is 7.11 Å². The first-order valence-electron chi connectivity index (χ1n) is 8.80. The number of hydrogen-bond acceptors (Lipinski definition) is 6.